The van der Waals surface area contributed by atoms with E-state index in [-0.39, 0.29) is 23.6 Å². The Morgan fingerprint density at radius 1 is 1.22 bits per heavy atom. The molecule has 1 amide bonds. The van der Waals surface area contributed by atoms with Gasteiger partial charge < -0.3 is 21.7 Å². The van der Waals surface area contributed by atoms with E-state index in [0.29, 0.717) is 18.5 Å². The number of rotatable bonds is 6. The number of nitrogens with one attached hydrogen (secondary N) is 3. The van der Waals surface area contributed by atoms with Gasteiger partial charge in [-0.15, -0.1) is 0 Å². The molecule has 3 aromatic rings. The first-order valence-electron chi connectivity index (χ1n) is 10.2. The van der Waals surface area contributed by atoms with Gasteiger partial charge in [0.05, 0.1) is 17.1 Å². The number of hydrogen-bond acceptors (Lipinski definition) is 6. The topological polar surface area (TPSA) is 105 Å². The molecule has 1 aliphatic rings. The Labute approximate surface area is 182 Å². The molecule has 0 spiro atoms. The Bertz CT molecular complexity index is 1160. The van der Waals surface area contributed by atoms with E-state index in [4.69, 9.17) is 5.73 Å². The monoisotopic (exact) mass is 444 g/mol. The fourth-order valence-corrected chi connectivity index (χ4v) is 4.08. The summed E-state index contributed by atoms with van der Waals surface area (Å²) < 4.78 is 43.3. The maximum atomic E-state index is 14.7. The first kappa shape index (κ1) is 21.8. The van der Waals surface area contributed by atoms with Crippen molar-refractivity contribution in [1.82, 2.24) is 15.3 Å². The predicted octanol–water partition coefficient (Wildman–Crippen LogP) is 3.80. The zero-order valence-electron chi connectivity index (χ0n) is 17.3. The van der Waals surface area contributed by atoms with E-state index >= 15 is 0 Å². The van der Waals surface area contributed by atoms with Crippen LogP contribution in [0.1, 0.15) is 29.6 Å². The summed E-state index contributed by atoms with van der Waals surface area (Å²) in [6.45, 7) is 0. The predicted molar refractivity (Wildman–Crippen MR) is 117 cm³/mol. The van der Waals surface area contributed by atoms with Crippen molar-refractivity contribution in [3.05, 3.63) is 54.0 Å². The van der Waals surface area contributed by atoms with Crippen LogP contribution in [-0.2, 0) is 0 Å². The zero-order valence-corrected chi connectivity index (χ0v) is 17.3. The van der Waals surface area contributed by atoms with Crippen LogP contribution in [0.5, 0.6) is 0 Å². The number of likely N-dealkylation sites (N-methyl/N-ethyl adjacent to an activating group) is 1. The quantitative estimate of drug-likeness (QED) is 0.461. The van der Waals surface area contributed by atoms with Crippen LogP contribution in [-0.4, -0.2) is 40.9 Å². The van der Waals surface area contributed by atoms with Gasteiger partial charge >= 0.3 is 0 Å². The smallest absolute Gasteiger partial charge is 0.265 e. The molecule has 1 saturated carbocycles. The van der Waals surface area contributed by atoms with Gasteiger partial charge in [0.25, 0.3) is 11.8 Å². The molecule has 4 rings (SSSR count). The number of nitrogens with zero attached hydrogens (tertiary/aromatic N) is 2. The molecule has 168 valence electrons. The van der Waals surface area contributed by atoms with Gasteiger partial charge in [0.2, 0.25) is 0 Å². The van der Waals surface area contributed by atoms with Crippen molar-refractivity contribution < 1.29 is 18.0 Å². The number of carbonyl (C=O) groups is 1. The molecule has 0 bridgehead atoms. The number of pyridine rings is 2. The molecule has 0 aliphatic heterocycles. The van der Waals surface area contributed by atoms with Crippen molar-refractivity contribution in [3.8, 4) is 0 Å². The van der Waals surface area contributed by atoms with E-state index in [1.54, 1.807) is 30.5 Å². The minimum Gasteiger partial charge on any atom is -0.365 e. The third kappa shape index (κ3) is 4.31. The average Bonchev–Trinajstić information content (AvgIpc) is 2.75. The van der Waals surface area contributed by atoms with Gasteiger partial charge in [0.15, 0.2) is 11.6 Å². The van der Waals surface area contributed by atoms with Crippen LogP contribution in [0.2, 0.25) is 0 Å². The second kappa shape index (κ2) is 8.62. The standard InChI is InChI=1S/C22H23F3N6O/c1-27-18-17(5-2-8-22(18,24)25)30-21-15(23)11-14(19(26)32)20(31-21)29-13-6-7-16-12(10-13)4-3-9-28-16/h3-4,6-7,9-11,17-18,27H,2,5,8H2,1H3,(H2,26,32)(H2,29,30,31)/t17-,18-/m1/s1. The molecule has 0 unspecified atom stereocenters. The van der Waals surface area contributed by atoms with Crippen molar-refractivity contribution in [2.75, 3.05) is 17.7 Å². The molecule has 2 heterocycles. The number of anilines is 3. The molecule has 0 saturated heterocycles. The van der Waals surface area contributed by atoms with Gasteiger partial charge in [-0.1, -0.05) is 6.07 Å². The number of primary amides is 1. The highest BCUT2D eigenvalue weighted by atomic mass is 19.3. The van der Waals surface area contributed by atoms with Gasteiger partial charge in [-0.3, -0.25) is 9.78 Å². The molecular weight excluding hydrogens is 421 g/mol. The van der Waals surface area contributed by atoms with Crippen molar-refractivity contribution in [2.24, 2.45) is 5.73 Å². The highest BCUT2D eigenvalue weighted by molar-refractivity contribution is 5.99. The van der Waals surface area contributed by atoms with Crippen molar-refractivity contribution >= 4 is 34.1 Å². The Morgan fingerprint density at radius 3 is 2.78 bits per heavy atom. The Kier molecular flexibility index (Phi) is 5.88. The molecule has 1 aromatic carbocycles. The van der Waals surface area contributed by atoms with E-state index < -0.39 is 29.7 Å². The first-order chi connectivity index (χ1) is 15.3. The summed E-state index contributed by atoms with van der Waals surface area (Å²) in [5.74, 6) is -4.87. The third-order valence-corrected chi connectivity index (χ3v) is 5.62. The summed E-state index contributed by atoms with van der Waals surface area (Å²) in [6, 6.07) is 8.00. The lowest BCUT2D eigenvalue weighted by Crippen LogP contribution is -2.56. The summed E-state index contributed by atoms with van der Waals surface area (Å²) in [5.41, 5.74) is 6.62. The first-order valence-corrected chi connectivity index (χ1v) is 10.2. The van der Waals surface area contributed by atoms with Crippen molar-refractivity contribution in [3.63, 3.8) is 0 Å². The van der Waals surface area contributed by atoms with Crippen molar-refractivity contribution in [2.45, 2.75) is 37.3 Å². The van der Waals surface area contributed by atoms with Crippen LogP contribution < -0.4 is 21.7 Å². The molecule has 2 atom stereocenters. The highest BCUT2D eigenvalue weighted by Gasteiger charge is 2.46. The molecule has 2 aromatic heterocycles. The van der Waals surface area contributed by atoms with E-state index in [2.05, 4.69) is 25.9 Å². The second-order valence-corrected chi connectivity index (χ2v) is 7.79. The second-order valence-electron chi connectivity index (χ2n) is 7.79. The molecule has 7 nitrogen and oxygen atoms in total. The summed E-state index contributed by atoms with van der Waals surface area (Å²) >= 11 is 0. The third-order valence-electron chi connectivity index (χ3n) is 5.62. The number of carbonyl (C=O) groups excluding carboxylic acids is 1. The SMILES string of the molecule is CN[C@@H]1[C@H](Nc2nc(Nc3ccc4ncccc4c3)c(C(N)=O)cc2F)CCCC1(F)F. The molecular formula is C22H23F3N6O. The number of halogens is 3. The van der Waals surface area contributed by atoms with Gasteiger partial charge in [-0.05, 0) is 50.2 Å². The Hall–Kier alpha value is -3.40. The van der Waals surface area contributed by atoms with E-state index in [9.17, 15) is 18.0 Å². The van der Waals surface area contributed by atoms with Crippen LogP contribution in [0.4, 0.5) is 30.5 Å². The maximum absolute atomic E-state index is 14.7. The molecule has 32 heavy (non-hydrogen) atoms. The largest absolute Gasteiger partial charge is 0.365 e. The molecule has 10 heteroatoms. The lowest BCUT2D eigenvalue weighted by molar-refractivity contribution is -0.0654. The van der Waals surface area contributed by atoms with Crippen molar-refractivity contribution in [1.29, 1.82) is 0 Å². The summed E-state index contributed by atoms with van der Waals surface area (Å²) in [5, 5.41) is 9.25. The minimum absolute atomic E-state index is 0.0215. The number of nitrogens with two attached hydrogens (primary N) is 1. The summed E-state index contributed by atoms with van der Waals surface area (Å²) in [6.07, 6.45) is 2.14. The van der Waals surface area contributed by atoms with Crippen LogP contribution in [0.15, 0.2) is 42.6 Å². The number of alkyl halides is 2. The molecule has 5 N–H and O–H groups in total. The Balaban J connectivity index is 1.67. The zero-order chi connectivity index (χ0) is 22.9. The molecule has 0 radical (unpaired) electrons. The lowest BCUT2D eigenvalue weighted by atomic mass is 9.87. The minimum atomic E-state index is -2.94. The number of benzene rings is 1. The van der Waals surface area contributed by atoms with Crippen LogP contribution in [0.3, 0.4) is 0 Å². The van der Waals surface area contributed by atoms with Gasteiger partial charge in [-0.2, -0.15) is 0 Å². The number of amides is 1. The number of hydrogen-bond donors (Lipinski definition) is 4. The van der Waals surface area contributed by atoms with E-state index in [1.165, 1.54) is 7.05 Å². The van der Waals surface area contributed by atoms with Crippen LogP contribution >= 0.6 is 0 Å². The van der Waals surface area contributed by atoms with Crippen LogP contribution in [0.25, 0.3) is 10.9 Å². The summed E-state index contributed by atoms with van der Waals surface area (Å²) in [4.78, 5) is 20.3. The molecule has 1 aliphatic carbocycles. The van der Waals surface area contributed by atoms with Gasteiger partial charge in [0, 0.05) is 29.7 Å². The van der Waals surface area contributed by atoms with Gasteiger partial charge in [0.1, 0.15) is 5.82 Å². The average molecular weight is 444 g/mol. The Morgan fingerprint density at radius 2 is 2.03 bits per heavy atom. The highest BCUT2D eigenvalue weighted by Crippen LogP contribution is 2.35. The van der Waals surface area contributed by atoms with E-state index in [0.717, 1.165) is 17.0 Å². The summed E-state index contributed by atoms with van der Waals surface area (Å²) in [7, 11) is 1.44. The fraction of sp³-hybridized carbons (Fsp3) is 0.318. The van der Waals surface area contributed by atoms with Crippen LogP contribution in [0, 0.1) is 5.82 Å². The maximum Gasteiger partial charge on any atom is 0.265 e. The molecule has 1 fully saturated rings. The van der Waals surface area contributed by atoms with E-state index in [1.807, 2.05) is 6.07 Å². The number of aromatic nitrogens is 2. The fourth-order valence-electron chi connectivity index (χ4n) is 4.08. The number of fused-ring (bicyclic) bond motifs is 1. The normalized spacial score (nSPS) is 20.1. The van der Waals surface area contributed by atoms with Gasteiger partial charge in [-0.25, -0.2) is 18.2 Å². The lowest BCUT2D eigenvalue weighted by Gasteiger charge is -2.38.